The van der Waals surface area contributed by atoms with Crippen LogP contribution in [0.3, 0.4) is 0 Å². The van der Waals surface area contributed by atoms with Gasteiger partial charge in [-0.15, -0.1) is 5.10 Å². The molecule has 0 aliphatic carbocycles. The lowest BCUT2D eigenvalue weighted by Crippen LogP contribution is -2.55. The molecule has 4 rings (SSSR count). The average molecular weight is 488 g/mol. The van der Waals surface area contributed by atoms with Crippen molar-refractivity contribution in [2.75, 3.05) is 6.61 Å². The zero-order chi connectivity index (χ0) is 23.0. The normalized spacial score (nSPS) is 25.8. The number of nitrogens with zero attached hydrogens (tertiary/aromatic N) is 3. The molecule has 0 amide bonds. The molecule has 0 saturated carbocycles. The highest BCUT2D eigenvalue weighted by Crippen LogP contribution is 2.38. The Morgan fingerprint density at radius 2 is 1.81 bits per heavy atom. The number of thioether (sulfide) groups is 1. The molecule has 1 fully saturated rings. The van der Waals surface area contributed by atoms with Crippen molar-refractivity contribution in [3.8, 4) is 11.3 Å². The van der Waals surface area contributed by atoms with Crippen LogP contribution in [0, 0.1) is 17.5 Å². The molecule has 1 aliphatic heterocycles. The van der Waals surface area contributed by atoms with E-state index in [9.17, 15) is 28.5 Å². The van der Waals surface area contributed by atoms with Crippen LogP contribution in [0.4, 0.5) is 13.2 Å². The van der Waals surface area contributed by atoms with Gasteiger partial charge in [0.15, 0.2) is 17.5 Å². The van der Waals surface area contributed by atoms with Crippen LogP contribution in [0.15, 0.2) is 47.5 Å². The minimum Gasteiger partial charge on any atom is -0.394 e. The quantitative estimate of drug-likeness (QED) is 0.476. The first-order valence-electron chi connectivity index (χ1n) is 9.40. The van der Waals surface area contributed by atoms with Crippen LogP contribution in [0.1, 0.15) is 6.04 Å². The van der Waals surface area contributed by atoms with Crippen molar-refractivity contribution in [1.82, 2.24) is 15.0 Å². The van der Waals surface area contributed by atoms with Crippen LogP contribution < -0.4 is 0 Å². The maximum atomic E-state index is 13.6. The van der Waals surface area contributed by atoms with Crippen molar-refractivity contribution in [3.63, 3.8) is 0 Å². The van der Waals surface area contributed by atoms with E-state index < -0.39 is 53.8 Å². The molecular weight excluding hydrogens is 471 g/mol. The lowest BCUT2D eigenvalue weighted by Gasteiger charge is -2.41. The number of ether oxygens (including phenoxy) is 1. The molecule has 3 N–H and O–H groups in total. The molecule has 0 spiro atoms. The van der Waals surface area contributed by atoms with Gasteiger partial charge < -0.3 is 20.1 Å². The van der Waals surface area contributed by atoms with Gasteiger partial charge in [0.2, 0.25) is 0 Å². The molecule has 1 aromatic heterocycles. The van der Waals surface area contributed by atoms with E-state index in [2.05, 4.69) is 10.3 Å². The third kappa shape index (κ3) is 4.49. The number of hydrogen-bond donors (Lipinski definition) is 3. The second-order valence-electron chi connectivity index (χ2n) is 7.11. The van der Waals surface area contributed by atoms with Gasteiger partial charge >= 0.3 is 0 Å². The van der Waals surface area contributed by atoms with E-state index in [1.165, 1.54) is 6.20 Å². The van der Waals surface area contributed by atoms with E-state index in [-0.39, 0.29) is 11.3 Å². The summed E-state index contributed by atoms with van der Waals surface area (Å²) in [6, 6.07) is 7.25. The second-order valence-corrected chi connectivity index (χ2v) is 8.72. The van der Waals surface area contributed by atoms with Crippen molar-refractivity contribution in [1.29, 1.82) is 0 Å². The van der Waals surface area contributed by atoms with Crippen LogP contribution in [0.25, 0.3) is 11.3 Å². The summed E-state index contributed by atoms with van der Waals surface area (Å²) in [6.07, 6.45) is -2.48. The summed E-state index contributed by atoms with van der Waals surface area (Å²) in [4.78, 5) is 0.685. The van der Waals surface area contributed by atoms with Crippen LogP contribution in [0.2, 0.25) is 5.02 Å². The molecule has 1 saturated heterocycles. The molecule has 12 heteroatoms. The van der Waals surface area contributed by atoms with Crippen molar-refractivity contribution in [2.45, 2.75) is 34.7 Å². The fraction of sp³-hybridized carbons (Fsp3) is 0.300. The highest BCUT2D eigenvalue weighted by Gasteiger charge is 2.46. The maximum absolute atomic E-state index is 13.6. The molecule has 2 heterocycles. The summed E-state index contributed by atoms with van der Waals surface area (Å²) >= 11 is 7.13. The molecule has 2 aromatic carbocycles. The largest absolute Gasteiger partial charge is 0.394 e. The summed E-state index contributed by atoms with van der Waals surface area (Å²) in [6.45, 7) is -0.535. The van der Waals surface area contributed by atoms with Gasteiger partial charge in [-0.3, -0.25) is 0 Å². The van der Waals surface area contributed by atoms with Crippen LogP contribution >= 0.6 is 23.4 Å². The van der Waals surface area contributed by atoms with E-state index >= 15 is 0 Å². The Kier molecular flexibility index (Phi) is 6.75. The molecule has 170 valence electrons. The summed E-state index contributed by atoms with van der Waals surface area (Å²) in [5.41, 5.74) is -0.993. The third-order valence-corrected chi connectivity index (χ3v) is 6.38. The first-order chi connectivity index (χ1) is 15.3. The van der Waals surface area contributed by atoms with Gasteiger partial charge in [-0.2, -0.15) is 0 Å². The topological polar surface area (TPSA) is 101 Å². The summed E-state index contributed by atoms with van der Waals surface area (Å²) in [7, 11) is 0. The van der Waals surface area contributed by atoms with Crippen molar-refractivity contribution in [3.05, 3.63) is 65.1 Å². The fourth-order valence-corrected chi connectivity index (χ4v) is 4.78. The van der Waals surface area contributed by atoms with Gasteiger partial charge in [0, 0.05) is 15.5 Å². The molecule has 5 atom stereocenters. The number of aromatic nitrogens is 3. The van der Waals surface area contributed by atoms with Crippen molar-refractivity contribution < 1.29 is 33.2 Å². The summed E-state index contributed by atoms with van der Waals surface area (Å²) < 4.78 is 47.2. The van der Waals surface area contributed by atoms with E-state index in [1.54, 1.807) is 24.3 Å². The predicted molar refractivity (Wildman–Crippen MR) is 109 cm³/mol. The lowest BCUT2D eigenvalue weighted by atomic mass is 9.97. The lowest BCUT2D eigenvalue weighted by molar-refractivity contribution is -0.178. The summed E-state index contributed by atoms with van der Waals surface area (Å²) in [5.74, 6) is -4.39. The van der Waals surface area contributed by atoms with Gasteiger partial charge in [-0.05, 0) is 30.3 Å². The van der Waals surface area contributed by atoms with Crippen LogP contribution in [0.5, 0.6) is 0 Å². The zero-order valence-corrected chi connectivity index (χ0v) is 17.7. The van der Waals surface area contributed by atoms with Gasteiger partial charge in [0.05, 0.1) is 12.8 Å². The van der Waals surface area contributed by atoms with E-state index in [1.807, 2.05) is 0 Å². The predicted octanol–water partition coefficient (Wildman–Crippen LogP) is 2.79. The molecule has 7 nitrogen and oxygen atoms in total. The zero-order valence-electron chi connectivity index (χ0n) is 16.1. The number of rotatable bonds is 5. The number of aliphatic hydroxyl groups is 3. The van der Waals surface area contributed by atoms with Crippen LogP contribution in [-0.2, 0) is 4.74 Å². The Morgan fingerprint density at radius 3 is 2.47 bits per heavy atom. The summed E-state index contributed by atoms with van der Waals surface area (Å²) in [5, 5.41) is 39.4. The monoisotopic (exact) mass is 487 g/mol. The first-order valence-corrected chi connectivity index (χ1v) is 10.7. The average Bonchev–Trinajstić information content (AvgIpc) is 3.23. The van der Waals surface area contributed by atoms with E-state index in [0.717, 1.165) is 28.6 Å². The first kappa shape index (κ1) is 23.0. The molecule has 0 bridgehead atoms. The standard InChI is InChI=1S/C20H17ClF3N3O4S/c21-10-2-1-3-11(6-10)32-20-19(30)17(18(29)15(8-28)31-20)27-7-14(25-26-27)9-4-12(22)16(24)13(23)5-9/h1-7,15,17-20,28-30H,8H2/t15-,17+,18+,19-,20+/m1/s1. The molecule has 32 heavy (non-hydrogen) atoms. The smallest absolute Gasteiger partial charge is 0.194 e. The Labute approximate surface area is 189 Å². The number of halogens is 4. The van der Waals surface area contributed by atoms with Crippen molar-refractivity contribution >= 4 is 23.4 Å². The molecule has 3 aromatic rings. The maximum Gasteiger partial charge on any atom is 0.194 e. The Morgan fingerprint density at radius 1 is 1.09 bits per heavy atom. The Balaban J connectivity index is 1.64. The van der Waals surface area contributed by atoms with Gasteiger partial charge in [-0.1, -0.05) is 34.6 Å². The van der Waals surface area contributed by atoms with E-state index in [4.69, 9.17) is 16.3 Å². The second kappa shape index (κ2) is 9.38. The molecule has 1 aliphatic rings. The third-order valence-electron chi connectivity index (χ3n) is 4.99. The minimum absolute atomic E-state index is 0.00622. The Bertz CT molecular complexity index is 1100. The Hall–Kier alpha value is -2.15. The van der Waals surface area contributed by atoms with Gasteiger partial charge in [0.25, 0.3) is 0 Å². The number of hydrogen-bond acceptors (Lipinski definition) is 7. The highest BCUT2D eigenvalue weighted by molar-refractivity contribution is 7.99. The van der Waals surface area contributed by atoms with Crippen LogP contribution in [-0.4, -0.2) is 60.7 Å². The molecule has 0 unspecified atom stereocenters. The number of benzene rings is 2. The van der Waals surface area contributed by atoms with Gasteiger partial charge in [0.1, 0.15) is 35.5 Å². The SMILES string of the molecule is OC[C@H]1O[C@@H](Sc2cccc(Cl)c2)[C@H](O)[C@@H](n2cc(-c3cc(F)c(F)c(F)c3)nn2)[C@H]1O. The molecular formula is C20H17ClF3N3O4S. The van der Waals surface area contributed by atoms with E-state index in [0.29, 0.717) is 9.92 Å². The molecule has 0 radical (unpaired) electrons. The minimum atomic E-state index is -1.61. The highest BCUT2D eigenvalue weighted by atomic mass is 35.5. The fourth-order valence-electron chi connectivity index (χ4n) is 3.41. The van der Waals surface area contributed by atoms with Gasteiger partial charge in [-0.25, -0.2) is 17.9 Å². The number of aliphatic hydroxyl groups excluding tert-OH is 3. The van der Waals surface area contributed by atoms with Crippen molar-refractivity contribution in [2.24, 2.45) is 0 Å².